The van der Waals surface area contributed by atoms with E-state index in [0.717, 1.165) is 19.6 Å². The third-order valence-electron chi connectivity index (χ3n) is 1.85. The zero-order valence-corrected chi connectivity index (χ0v) is 10.4. The Morgan fingerprint density at radius 3 is 2.92 bits per heavy atom. The van der Waals surface area contributed by atoms with Crippen LogP contribution in [0.2, 0.25) is 0 Å². The van der Waals surface area contributed by atoms with E-state index < -0.39 is 0 Å². The van der Waals surface area contributed by atoms with Crippen molar-refractivity contribution in [2.75, 3.05) is 27.2 Å². The summed E-state index contributed by atoms with van der Waals surface area (Å²) >= 11 is 5.33. The van der Waals surface area contributed by atoms with Crippen LogP contribution >= 0.6 is 27.3 Å². The van der Waals surface area contributed by atoms with E-state index in [1.54, 1.807) is 11.3 Å². The lowest BCUT2D eigenvalue weighted by Crippen LogP contribution is -2.26. The summed E-state index contributed by atoms with van der Waals surface area (Å²) in [7, 11) is 4.12. The molecule has 0 fully saturated rings. The summed E-state index contributed by atoms with van der Waals surface area (Å²) in [6.45, 7) is 3.15. The first-order chi connectivity index (χ1) is 6.24. The van der Waals surface area contributed by atoms with Crippen LogP contribution in [-0.2, 0) is 6.54 Å². The van der Waals surface area contributed by atoms with Crippen molar-refractivity contribution < 1.29 is 0 Å². The van der Waals surface area contributed by atoms with Crippen LogP contribution in [0.3, 0.4) is 0 Å². The lowest BCUT2D eigenvalue weighted by atomic mass is 10.4. The molecule has 0 aliphatic rings. The van der Waals surface area contributed by atoms with Crippen molar-refractivity contribution in [2.24, 2.45) is 0 Å². The van der Waals surface area contributed by atoms with E-state index in [1.807, 2.05) is 7.05 Å². The lowest BCUT2D eigenvalue weighted by Gasteiger charge is -2.15. The molecule has 1 aromatic rings. The Kier molecular flexibility index (Phi) is 4.94. The first-order valence-electron chi connectivity index (χ1n) is 4.29. The van der Waals surface area contributed by atoms with Crippen molar-refractivity contribution in [3.8, 4) is 0 Å². The Balaban J connectivity index is 2.36. The van der Waals surface area contributed by atoms with Crippen molar-refractivity contribution in [1.82, 2.24) is 10.2 Å². The van der Waals surface area contributed by atoms with Crippen molar-refractivity contribution in [2.45, 2.75) is 6.54 Å². The van der Waals surface area contributed by atoms with Crippen LogP contribution in [-0.4, -0.2) is 32.1 Å². The summed E-state index contributed by atoms with van der Waals surface area (Å²) in [4.78, 5) is 3.71. The van der Waals surface area contributed by atoms with Crippen molar-refractivity contribution >= 4 is 27.3 Å². The van der Waals surface area contributed by atoms with Gasteiger partial charge < -0.3 is 5.32 Å². The van der Waals surface area contributed by atoms with Gasteiger partial charge >= 0.3 is 0 Å². The van der Waals surface area contributed by atoms with Gasteiger partial charge in [0.1, 0.15) is 0 Å². The smallest absolute Gasteiger partial charge is 0.0336 e. The molecule has 2 nitrogen and oxygen atoms in total. The second-order valence-electron chi connectivity index (χ2n) is 3.03. The highest BCUT2D eigenvalue weighted by Crippen LogP contribution is 2.23. The zero-order valence-electron chi connectivity index (χ0n) is 8.01. The van der Waals surface area contributed by atoms with Crippen LogP contribution in [0.1, 0.15) is 4.88 Å². The van der Waals surface area contributed by atoms with Gasteiger partial charge in [-0.25, -0.2) is 0 Å². The Labute approximate surface area is 92.1 Å². The number of thiophene rings is 1. The second kappa shape index (κ2) is 5.75. The molecule has 0 atom stereocenters. The monoisotopic (exact) mass is 262 g/mol. The number of nitrogens with zero attached hydrogens (tertiary/aromatic N) is 1. The molecule has 0 aromatic carbocycles. The molecule has 0 saturated heterocycles. The van der Waals surface area contributed by atoms with E-state index in [0.29, 0.717) is 0 Å². The average Bonchev–Trinajstić information content (AvgIpc) is 2.48. The van der Waals surface area contributed by atoms with Crippen molar-refractivity contribution in [3.05, 3.63) is 20.8 Å². The highest BCUT2D eigenvalue weighted by Gasteiger charge is 2.04. The molecule has 13 heavy (non-hydrogen) atoms. The maximum absolute atomic E-state index is 3.53. The van der Waals surface area contributed by atoms with Gasteiger partial charge in [0.15, 0.2) is 0 Å². The quantitative estimate of drug-likeness (QED) is 0.875. The predicted octanol–water partition coefficient (Wildman–Crippen LogP) is 2.16. The fourth-order valence-electron chi connectivity index (χ4n) is 1.06. The second-order valence-corrected chi connectivity index (χ2v) is 4.89. The molecule has 0 saturated carbocycles. The molecule has 1 rings (SSSR count). The molecule has 0 aliphatic heterocycles. The number of hydrogen-bond donors (Lipinski definition) is 1. The van der Waals surface area contributed by atoms with E-state index in [9.17, 15) is 0 Å². The lowest BCUT2D eigenvalue weighted by molar-refractivity contribution is 0.330. The largest absolute Gasteiger partial charge is 0.318 e. The molecule has 0 radical (unpaired) electrons. The molecule has 0 aliphatic carbocycles. The number of likely N-dealkylation sites (N-methyl/N-ethyl adjacent to an activating group) is 2. The molecule has 4 heteroatoms. The Bertz CT molecular complexity index is 250. The minimum absolute atomic E-state index is 1.03. The first-order valence-corrected chi connectivity index (χ1v) is 5.96. The normalized spacial score (nSPS) is 11.1. The maximum Gasteiger partial charge on any atom is 0.0336 e. The number of nitrogens with one attached hydrogen (secondary N) is 1. The van der Waals surface area contributed by atoms with Gasteiger partial charge in [-0.2, -0.15) is 0 Å². The minimum Gasteiger partial charge on any atom is -0.318 e. The summed E-state index contributed by atoms with van der Waals surface area (Å²) in [6.07, 6.45) is 0. The van der Waals surface area contributed by atoms with Gasteiger partial charge in [0.25, 0.3) is 0 Å². The summed E-state index contributed by atoms with van der Waals surface area (Å²) in [5.41, 5.74) is 0. The van der Waals surface area contributed by atoms with E-state index in [2.05, 4.69) is 44.6 Å². The molecule has 0 amide bonds. The van der Waals surface area contributed by atoms with Crippen molar-refractivity contribution in [1.29, 1.82) is 0 Å². The van der Waals surface area contributed by atoms with Gasteiger partial charge in [-0.15, -0.1) is 11.3 Å². The molecule has 1 aromatic heterocycles. The van der Waals surface area contributed by atoms with Crippen LogP contribution < -0.4 is 5.32 Å². The summed E-state index contributed by atoms with van der Waals surface area (Å²) in [5, 5.41) is 5.26. The van der Waals surface area contributed by atoms with Crippen LogP contribution in [0.25, 0.3) is 0 Å². The van der Waals surface area contributed by atoms with Gasteiger partial charge in [0.2, 0.25) is 0 Å². The molecule has 0 unspecified atom stereocenters. The number of rotatable bonds is 5. The summed E-state index contributed by atoms with van der Waals surface area (Å²) in [6, 6.07) is 2.10. The Morgan fingerprint density at radius 1 is 1.62 bits per heavy atom. The summed E-state index contributed by atoms with van der Waals surface area (Å²) < 4.78 is 1.23. The molecular weight excluding hydrogens is 248 g/mol. The van der Waals surface area contributed by atoms with Crippen LogP contribution in [0.4, 0.5) is 0 Å². The molecule has 0 bridgehead atoms. The standard InChI is InChI=1S/C9H15BrN2S/c1-11-4-5-12(2)7-9-8(10)3-6-13-9/h3,6,11H,4-5,7H2,1-2H3. The SMILES string of the molecule is CNCCN(C)Cc1sccc1Br. The van der Waals surface area contributed by atoms with Crippen molar-refractivity contribution in [3.63, 3.8) is 0 Å². The molecule has 0 spiro atoms. The Morgan fingerprint density at radius 2 is 2.38 bits per heavy atom. The highest BCUT2D eigenvalue weighted by atomic mass is 79.9. The van der Waals surface area contributed by atoms with Gasteiger partial charge in [0.05, 0.1) is 0 Å². The minimum atomic E-state index is 1.03. The van der Waals surface area contributed by atoms with Gasteiger partial charge in [0, 0.05) is 29.0 Å². The van der Waals surface area contributed by atoms with E-state index in [-0.39, 0.29) is 0 Å². The highest BCUT2D eigenvalue weighted by molar-refractivity contribution is 9.10. The number of halogens is 1. The maximum atomic E-state index is 3.53. The van der Waals surface area contributed by atoms with E-state index >= 15 is 0 Å². The Hall–Kier alpha value is 0.100. The van der Waals surface area contributed by atoms with Crippen LogP contribution in [0, 0.1) is 0 Å². The zero-order chi connectivity index (χ0) is 9.68. The fraction of sp³-hybridized carbons (Fsp3) is 0.556. The third-order valence-corrected chi connectivity index (χ3v) is 3.76. The van der Waals surface area contributed by atoms with Gasteiger partial charge in [-0.1, -0.05) is 0 Å². The predicted molar refractivity (Wildman–Crippen MR) is 62.3 cm³/mol. The molecular formula is C9H15BrN2S. The van der Waals surface area contributed by atoms with Crippen LogP contribution in [0.15, 0.2) is 15.9 Å². The van der Waals surface area contributed by atoms with E-state index in [4.69, 9.17) is 0 Å². The summed E-state index contributed by atoms with van der Waals surface area (Å²) in [5.74, 6) is 0. The van der Waals surface area contributed by atoms with Gasteiger partial charge in [-0.3, -0.25) is 4.90 Å². The third kappa shape index (κ3) is 3.77. The molecule has 74 valence electrons. The van der Waals surface area contributed by atoms with Crippen LogP contribution in [0.5, 0.6) is 0 Å². The topological polar surface area (TPSA) is 15.3 Å². The fourth-order valence-corrected chi connectivity index (χ4v) is 2.62. The first kappa shape index (κ1) is 11.2. The van der Waals surface area contributed by atoms with E-state index in [1.165, 1.54) is 9.35 Å². The van der Waals surface area contributed by atoms with Gasteiger partial charge in [-0.05, 0) is 41.5 Å². The number of hydrogen-bond acceptors (Lipinski definition) is 3. The average molecular weight is 263 g/mol. The molecule has 1 heterocycles. The molecule has 1 N–H and O–H groups in total.